The van der Waals surface area contributed by atoms with E-state index in [1.165, 1.54) is 0 Å². The van der Waals surface area contributed by atoms with Gasteiger partial charge in [-0.1, -0.05) is 35.3 Å². The molecule has 0 atom stereocenters. The molecule has 0 saturated carbocycles. The number of hydrogen-bond acceptors (Lipinski definition) is 2. The summed E-state index contributed by atoms with van der Waals surface area (Å²) < 4.78 is 5.66. The molecule has 0 saturated heterocycles. The van der Waals surface area contributed by atoms with Gasteiger partial charge in [-0.15, -0.1) is 0 Å². The van der Waals surface area contributed by atoms with Gasteiger partial charge >= 0.3 is 0 Å². The van der Waals surface area contributed by atoms with Gasteiger partial charge in [0.05, 0.1) is 5.56 Å². The predicted molar refractivity (Wildman–Crippen MR) is 78.3 cm³/mol. The third-order valence-corrected chi connectivity index (χ3v) is 2.99. The molecule has 0 radical (unpaired) electrons. The van der Waals surface area contributed by atoms with Crippen LogP contribution in [0.5, 0.6) is 5.75 Å². The number of benzene rings is 2. The fourth-order valence-electron chi connectivity index (χ4n) is 1.63. The van der Waals surface area contributed by atoms with Gasteiger partial charge in [0.15, 0.2) is 0 Å². The van der Waals surface area contributed by atoms with E-state index in [9.17, 15) is 0 Å². The van der Waals surface area contributed by atoms with E-state index >= 15 is 0 Å². The van der Waals surface area contributed by atoms with Crippen LogP contribution < -0.4 is 10.5 Å². The number of rotatable bonds is 4. The molecule has 0 aliphatic heterocycles. The van der Waals surface area contributed by atoms with Crippen molar-refractivity contribution in [3.63, 3.8) is 0 Å². The van der Waals surface area contributed by atoms with Crippen molar-refractivity contribution in [3.05, 3.63) is 63.6 Å². The van der Waals surface area contributed by atoms with Crippen LogP contribution >= 0.6 is 23.2 Å². The van der Waals surface area contributed by atoms with Crippen LogP contribution in [0.2, 0.25) is 10.0 Å². The second-order valence-corrected chi connectivity index (χ2v) is 4.85. The molecule has 0 bridgehead atoms. The quantitative estimate of drug-likeness (QED) is 0.664. The number of ether oxygens (including phenoxy) is 1. The number of amidine groups is 1. The molecule has 2 rings (SSSR count). The normalized spacial score (nSPS) is 10.2. The largest absolute Gasteiger partial charge is 0.488 e. The molecule has 3 N–H and O–H groups in total. The van der Waals surface area contributed by atoms with Crippen molar-refractivity contribution in [2.24, 2.45) is 5.73 Å². The molecule has 0 aromatic heterocycles. The van der Waals surface area contributed by atoms with E-state index in [4.69, 9.17) is 39.1 Å². The van der Waals surface area contributed by atoms with Crippen molar-refractivity contribution in [3.8, 4) is 5.75 Å². The summed E-state index contributed by atoms with van der Waals surface area (Å²) in [5.74, 6) is 0.445. The van der Waals surface area contributed by atoms with Gasteiger partial charge in [0.1, 0.15) is 18.2 Å². The Bertz CT molecular complexity index is 614. The lowest BCUT2D eigenvalue weighted by molar-refractivity contribution is 0.305. The van der Waals surface area contributed by atoms with E-state index in [2.05, 4.69) is 0 Å². The van der Waals surface area contributed by atoms with Crippen molar-refractivity contribution >= 4 is 29.0 Å². The van der Waals surface area contributed by atoms with E-state index in [0.29, 0.717) is 28.0 Å². The van der Waals surface area contributed by atoms with Gasteiger partial charge in [0.2, 0.25) is 0 Å². The van der Waals surface area contributed by atoms with E-state index in [0.717, 1.165) is 5.56 Å². The third-order valence-electron chi connectivity index (χ3n) is 2.52. The second kappa shape index (κ2) is 5.95. The lowest BCUT2D eigenvalue weighted by atomic mass is 10.2. The van der Waals surface area contributed by atoms with Crippen LogP contribution in [0.4, 0.5) is 0 Å². The lowest BCUT2D eigenvalue weighted by Gasteiger charge is -2.11. The molecule has 0 spiro atoms. The Morgan fingerprint density at radius 3 is 2.53 bits per heavy atom. The first-order valence-electron chi connectivity index (χ1n) is 5.57. The monoisotopic (exact) mass is 294 g/mol. The maximum Gasteiger partial charge on any atom is 0.130 e. The average molecular weight is 295 g/mol. The Morgan fingerprint density at radius 2 is 1.84 bits per heavy atom. The lowest BCUT2D eigenvalue weighted by Crippen LogP contribution is -2.13. The zero-order valence-corrected chi connectivity index (χ0v) is 11.5. The van der Waals surface area contributed by atoms with Gasteiger partial charge in [0, 0.05) is 10.0 Å². The standard InChI is InChI=1S/C14H12Cl2N2O/c15-10-3-1-2-9(6-10)8-19-13-5-4-11(16)7-12(13)14(17)18/h1-7H,8H2,(H3,17,18). The van der Waals surface area contributed by atoms with Crippen LogP contribution in [0, 0.1) is 5.41 Å². The molecule has 2 aromatic carbocycles. The SMILES string of the molecule is N=C(N)c1cc(Cl)ccc1OCc1cccc(Cl)c1. The zero-order chi connectivity index (χ0) is 13.8. The number of nitrogens with one attached hydrogen (secondary N) is 1. The summed E-state index contributed by atoms with van der Waals surface area (Å²) in [5, 5.41) is 8.68. The topological polar surface area (TPSA) is 59.1 Å². The molecule has 5 heteroatoms. The van der Waals surface area contributed by atoms with Gasteiger partial charge in [-0.25, -0.2) is 0 Å². The van der Waals surface area contributed by atoms with Crippen LogP contribution in [-0.2, 0) is 6.61 Å². The highest BCUT2D eigenvalue weighted by molar-refractivity contribution is 6.31. The Morgan fingerprint density at radius 1 is 1.11 bits per heavy atom. The minimum absolute atomic E-state index is 0.0800. The van der Waals surface area contributed by atoms with Crippen molar-refractivity contribution in [2.75, 3.05) is 0 Å². The van der Waals surface area contributed by atoms with E-state index in [1.54, 1.807) is 24.3 Å². The Labute approximate surface area is 121 Å². The maximum absolute atomic E-state index is 7.51. The molecule has 19 heavy (non-hydrogen) atoms. The van der Waals surface area contributed by atoms with Crippen LogP contribution in [0.1, 0.15) is 11.1 Å². The molecule has 0 heterocycles. The van der Waals surface area contributed by atoms with E-state index < -0.39 is 0 Å². The molecule has 0 aliphatic carbocycles. The predicted octanol–water partition coefficient (Wildman–Crippen LogP) is 3.86. The average Bonchev–Trinajstić information content (AvgIpc) is 2.37. The van der Waals surface area contributed by atoms with Gasteiger partial charge in [-0.3, -0.25) is 5.41 Å². The number of hydrogen-bond donors (Lipinski definition) is 2. The van der Waals surface area contributed by atoms with Gasteiger partial charge in [-0.05, 0) is 35.9 Å². The summed E-state index contributed by atoms with van der Waals surface area (Å²) in [6.45, 7) is 0.350. The number of nitrogen functional groups attached to an aromatic ring is 1. The molecule has 0 unspecified atom stereocenters. The van der Waals surface area contributed by atoms with Gasteiger partial charge in [0.25, 0.3) is 0 Å². The van der Waals surface area contributed by atoms with Crippen molar-refractivity contribution in [1.29, 1.82) is 5.41 Å². The first kappa shape index (κ1) is 13.7. The van der Waals surface area contributed by atoms with Crippen LogP contribution in [-0.4, -0.2) is 5.84 Å². The van der Waals surface area contributed by atoms with Crippen LogP contribution in [0.15, 0.2) is 42.5 Å². The van der Waals surface area contributed by atoms with Crippen LogP contribution in [0.3, 0.4) is 0 Å². The molecular weight excluding hydrogens is 283 g/mol. The molecule has 2 aromatic rings. The number of nitrogens with two attached hydrogens (primary N) is 1. The molecule has 98 valence electrons. The Hall–Kier alpha value is -1.71. The second-order valence-electron chi connectivity index (χ2n) is 3.97. The van der Waals surface area contributed by atoms with Crippen molar-refractivity contribution < 1.29 is 4.74 Å². The third kappa shape index (κ3) is 3.63. The summed E-state index contributed by atoms with van der Waals surface area (Å²) in [5.41, 5.74) is 6.92. The molecule has 0 amide bonds. The maximum atomic E-state index is 7.51. The zero-order valence-electron chi connectivity index (χ0n) is 9.99. The minimum atomic E-state index is -0.0800. The summed E-state index contributed by atoms with van der Waals surface area (Å²) >= 11 is 11.8. The van der Waals surface area contributed by atoms with Gasteiger partial charge < -0.3 is 10.5 Å². The molecular formula is C14H12Cl2N2O. The Kier molecular flexibility index (Phi) is 4.30. The van der Waals surface area contributed by atoms with E-state index in [-0.39, 0.29) is 5.84 Å². The van der Waals surface area contributed by atoms with Crippen molar-refractivity contribution in [1.82, 2.24) is 0 Å². The minimum Gasteiger partial charge on any atom is -0.488 e. The van der Waals surface area contributed by atoms with Crippen LogP contribution in [0.25, 0.3) is 0 Å². The fourth-order valence-corrected chi connectivity index (χ4v) is 2.01. The van der Waals surface area contributed by atoms with Crippen molar-refractivity contribution in [2.45, 2.75) is 6.61 Å². The summed E-state index contributed by atoms with van der Waals surface area (Å²) in [6.07, 6.45) is 0. The molecule has 0 fully saturated rings. The molecule has 0 aliphatic rings. The van der Waals surface area contributed by atoms with Gasteiger partial charge in [-0.2, -0.15) is 0 Å². The summed E-state index contributed by atoms with van der Waals surface area (Å²) in [4.78, 5) is 0. The molecule has 3 nitrogen and oxygen atoms in total. The highest BCUT2D eigenvalue weighted by Gasteiger charge is 2.08. The summed E-state index contributed by atoms with van der Waals surface area (Å²) in [6, 6.07) is 12.4. The Balaban J connectivity index is 2.17. The first-order valence-corrected chi connectivity index (χ1v) is 6.33. The summed E-state index contributed by atoms with van der Waals surface area (Å²) in [7, 11) is 0. The first-order chi connectivity index (χ1) is 9.06. The smallest absolute Gasteiger partial charge is 0.130 e. The fraction of sp³-hybridized carbons (Fsp3) is 0.0714. The van der Waals surface area contributed by atoms with E-state index in [1.807, 2.05) is 18.2 Å². The highest BCUT2D eigenvalue weighted by Crippen LogP contribution is 2.23. The number of halogens is 2. The highest BCUT2D eigenvalue weighted by atomic mass is 35.5.